The van der Waals surface area contributed by atoms with Crippen LogP contribution in [0.2, 0.25) is 5.02 Å². The summed E-state index contributed by atoms with van der Waals surface area (Å²) in [6, 6.07) is 17.3. The van der Waals surface area contributed by atoms with Crippen molar-refractivity contribution in [3.8, 4) is 0 Å². The summed E-state index contributed by atoms with van der Waals surface area (Å²) in [7, 11) is 3.50. The number of carbonyl (C=O) groups is 2. The summed E-state index contributed by atoms with van der Waals surface area (Å²) in [5.41, 5.74) is 2.02. The van der Waals surface area contributed by atoms with Crippen molar-refractivity contribution >= 4 is 23.5 Å². The Labute approximate surface area is 171 Å². The molecule has 0 spiro atoms. The molecule has 6 heteroatoms. The standard InChI is InChI=1S/C22H26ClN3O2/c1-25(2)22(28)26-14-12-18(13-15-26)21(27)24-20(16-6-4-3-5-7-16)17-8-10-19(23)11-9-17/h3-11,18,20H,12-15H2,1-2H3,(H,24,27). The van der Waals surface area contributed by atoms with Crippen molar-refractivity contribution in [1.82, 2.24) is 15.1 Å². The van der Waals surface area contributed by atoms with Crippen LogP contribution in [-0.4, -0.2) is 48.9 Å². The van der Waals surface area contributed by atoms with Crippen molar-refractivity contribution in [2.45, 2.75) is 18.9 Å². The van der Waals surface area contributed by atoms with Gasteiger partial charge in [-0.15, -0.1) is 0 Å². The fourth-order valence-corrected chi connectivity index (χ4v) is 3.66. The molecule has 0 bridgehead atoms. The third-order valence-corrected chi connectivity index (χ3v) is 5.39. The SMILES string of the molecule is CN(C)C(=O)N1CCC(C(=O)NC(c2ccccc2)c2ccc(Cl)cc2)CC1. The van der Waals surface area contributed by atoms with Crippen LogP contribution in [0.5, 0.6) is 0 Å². The van der Waals surface area contributed by atoms with Crippen molar-refractivity contribution in [3.63, 3.8) is 0 Å². The molecule has 1 aliphatic heterocycles. The molecular weight excluding hydrogens is 374 g/mol. The summed E-state index contributed by atoms with van der Waals surface area (Å²) in [5, 5.41) is 3.88. The van der Waals surface area contributed by atoms with Gasteiger partial charge in [0.1, 0.15) is 0 Å². The Bertz CT molecular complexity index is 800. The topological polar surface area (TPSA) is 52.7 Å². The zero-order chi connectivity index (χ0) is 20.1. The molecule has 0 radical (unpaired) electrons. The Morgan fingerprint density at radius 1 is 1.00 bits per heavy atom. The number of carbonyl (C=O) groups excluding carboxylic acids is 2. The lowest BCUT2D eigenvalue weighted by Gasteiger charge is -2.33. The molecule has 28 heavy (non-hydrogen) atoms. The minimum absolute atomic E-state index is 0.00202. The molecule has 148 valence electrons. The molecular formula is C22H26ClN3O2. The maximum atomic E-state index is 13.0. The van der Waals surface area contributed by atoms with Crippen LogP contribution in [0, 0.1) is 5.92 Å². The minimum Gasteiger partial charge on any atom is -0.345 e. The summed E-state index contributed by atoms with van der Waals surface area (Å²) in [6.45, 7) is 1.21. The Morgan fingerprint density at radius 3 is 2.14 bits per heavy atom. The number of urea groups is 1. The van der Waals surface area contributed by atoms with Gasteiger partial charge >= 0.3 is 6.03 Å². The summed E-state index contributed by atoms with van der Waals surface area (Å²) in [4.78, 5) is 28.5. The third-order valence-electron chi connectivity index (χ3n) is 5.14. The van der Waals surface area contributed by atoms with Crippen molar-refractivity contribution in [2.24, 2.45) is 5.92 Å². The van der Waals surface area contributed by atoms with Gasteiger partial charge in [-0.1, -0.05) is 54.1 Å². The first-order valence-corrected chi connectivity index (χ1v) is 9.90. The Kier molecular flexibility index (Phi) is 6.57. The Balaban J connectivity index is 1.70. The van der Waals surface area contributed by atoms with Gasteiger partial charge in [0.15, 0.2) is 0 Å². The van der Waals surface area contributed by atoms with E-state index in [1.807, 2.05) is 54.6 Å². The van der Waals surface area contributed by atoms with E-state index in [1.165, 1.54) is 0 Å². The Morgan fingerprint density at radius 2 is 1.57 bits per heavy atom. The van der Waals surface area contributed by atoms with Crippen LogP contribution in [-0.2, 0) is 4.79 Å². The number of rotatable bonds is 4. The predicted molar refractivity (Wildman–Crippen MR) is 111 cm³/mol. The molecule has 3 rings (SSSR count). The molecule has 1 N–H and O–H groups in total. The van der Waals surface area contributed by atoms with E-state index in [0.29, 0.717) is 31.0 Å². The van der Waals surface area contributed by atoms with E-state index in [-0.39, 0.29) is 23.9 Å². The molecule has 1 atom stereocenters. The van der Waals surface area contributed by atoms with Crippen LogP contribution in [0.25, 0.3) is 0 Å². The van der Waals surface area contributed by atoms with Gasteiger partial charge in [-0.25, -0.2) is 4.79 Å². The van der Waals surface area contributed by atoms with Crippen molar-refractivity contribution in [3.05, 3.63) is 70.7 Å². The van der Waals surface area contributed by atoms with E-state index in [9.17, 15) is 9.59 Å². The quantitative estimate of drug-likeness (QED) is 0.846. The van der Waals surface area contributed by atoms with E-state index in [1.54, 1.807) is 23.9 Å². The first-order chi connectivity index (χ1) is 13.5. The number of amides is 3. The van der Waals surface area contributed by atoms with Crippen LogP contribution in [0.15, 0.2) is 54.6 Å². The average molecular weight is 400 g/mol. The molecule has 1 heterocycles. The molecule has 0 saturated carbocycles. The summed E-state index contributed by atoms with van der Waals surface area (Å²) < 4.78 is 0. The summed E-state index contributed by atoms with van der Waals surface area (Å²) >= 11 is 6.03. The Hall–Kier alpha value is -2.53. The summed E-state index contributed by atoms with van der Waals surface area (Å²) in [5.74, 6) is -0.0644. The molecule has 1 unspecified atom stereocenters. The number of hydrogen-bond donors (Lipinski definition) is 1. The molecule has 3 amide bonds. The molecule has 2 aromatic carbocycles. The number of benzene rings is 2. The van der Waals surface area contributed by atoms with Gasteiger partial charge in [0, 0.05) is 38.1 Å². The zero-order valence-corrected chi connectivity index (χ0v) is 17.0. The highest BCUT2D eigenvalue weighted by atomic mass is 35.5. The van der Waals surface area contributed by atoms with Crippen molar-refractivity contribution in [1.29, 1.82) is 0 Å². The number of hydrogen-bond acceptors (Lipinski definition) is 2. The van der Waals surface area contributed by atoms with E-state index in [0.717, 1.165) is 11.1 Å². The highest BCUT2D eigenvalue weighted by Gasteiger charge is 2.29. The van der Waals surface area contributed by atoms with Crippen LogP contribution < -0.4 is 5.32 Å². The van der Waals surface area contributed by atoms with Gasteiger partial charge in [0.05, 0.1) is 6.04 Å². The van der Waals surface area contributed by atoms with Crippen LogP contribution in [0.3, 0.4) is 0 Å². The third kappa shape index (κ3) is 4.84. The predicted octanol–water partition coefficient (Wildman–Crippen LogP) is 3.94. The lowest BCUT2D eigenvalue weighted by Crippen LogP contribution is -2.46. The number of likely N-dealkylation sites (tertiary alicyclic amines) is 1. The molecule has 5 nitrogen and oxygen atoms in total. The number of nitrogens with one attached hydrogen (secondary N) is 1. The fourth-order valence-electron chi connectivity index (χ4n) is 3.54. The second kappa shape index (κ2) is 9.11. The van der Waals surface area contributed by atoms with Crippen molar-refractivity contribution < 1.29 is 9.59 Å². The maximum Gasteiger partial charge on any atom is 0.319 e. The molecule has 1 fully saturated rings. The van der Waals surface area contributed by atoms with Gasteiger partial charge in [0.2, 0.25) is 5.91 Å². The molecule has 1 saturated heterocycles. The van der Waals surface area contributed by atoms with Crippen LogP contribution in [0.1, 0.15) is 30.0 Å². The van der Waals surface area contributed by atoms with E-state index in [2.05, 4.69) is 5.32 Å². The second-order valence-electron chi connectivity index (χ2n) is 7.34. The first-order valence-electron chi connectivity index (χ1n) is 9.52. The van der Waals surface area contributed by atoms with Crippen molar-refractivity contribution in [2.75, 3.05) is 27.2 Å². The highest BCUT2D eigenvalue weighted by molar-refractivity contribution is 6.30. The second-order valence-corrected chi connectivity index (χ2v) is 7.78. The zero-order valence-electron chi connectivity index (χ0n) is 16.3. The molecule has 1 aliphatic rings. The number of nitrogens with zero attached hydrogens (tertiary/aromatic N) is 2. The maximum absolute atomic E-state index is 13.0. The fraction of sp³-hybridized carbons (Fsp3) is 0.364. The largest absolute Gasteiger partial charge is 0.345 e. The van der Waals surface area contributed by atoms with Gasteiger partial charge < -0.3 is 15.1 Å². The van der Waals surface area contributed by atoms with E-state index in [4.69, 9.17) is 11.6 Å². The number of halogens is 1. The van der Waals surface area contributed by atoms with E-state index >= 15 is 0 Å². The average Bonchev–Trinajstić information content (AvgIpc) is 2.72. The van der Waals surface area contributed by atoms with Gasteiger partial charge in [-0.3, -0.25) is 4.79 Å². The molecule has 0 aromatic heterocycles. The van der Waals surface area contributed by atoms with Gasteiger partial charge in [-0.2, -0.15) is 0 Å². The molecule has 0 aliphatic carbocycles. The van der Waals surface area contributed by atoms with E-state index < -0.39 is 0 Å². The lowest BCUT2D eigenvalue weighted by atomic mass is 9.93. The molecule has 2 aromatic rings. The van der Waals surface area contributed by atoms with Gasteiger partial charge in [0.25, 0.3) is 0 Å². The number of piperidine rings is 1. The van der Waals surface area contributed by atoms with Crippen LogP contribution in [0.4, 0.5) is 4.79 Å². The normalized spacial score (nSPS) is 15.8. The van der Waals surface area contributed by atoms with Gasteiger partial charge in [-0.05, 0) is 36.1 Å². The highest BCUT2D eigenvalue weighted by Crippen LogP contribution is 2.26. The summed E-state index contributed by atoms with van der Waals surface area (Å²) in [6.07, 6.45) is 1.35. The smallest absolute Gasteiger partial charge is 0.319 e. The first kappa shape index (κ1) is 20.2. The van der Waals surface area contributed by atoms with Crippen LogP contribution >= 0.6 is 11.6 Å². The lowest BCUT2D eigenvalue weighted by molar-refractivity contribution is -0.126. The monoisotopic (exact) mass is 399 g/mol. The minimum atomic E-state index is -0.229.